The molecule has 9 nitrogen and oxygen atoms in total. The first kappa shape index (κ1) is 22.4. The first-order valence-electron chi connectivity index (χ1n) is 10.4. The van der Waals surface area contributed by atoms with Gasteiger partial charge in [0.2, 0.25) is 5.91 Å². The molecule has 2 aromatic carbocycles. The molecular weight excluding hydrogens is 440 g/mol. The number of aromatic amines is 1. The molecule has 170 valence electrons. The Morgan fingerprint density at radius 1 is 1.15 bits per heavy atom. The molecule has 0 radical (unpaired) electrons. The number of ether oxygens (including phenoxy) is 1. The minimum Gasteiger partial charge on any atom is -0.494 e. The van der Waals surface area contributed by atoms with E-state index >= 15 is 0 Å². The van der Waals surface area contributed by atoms with Crippen molar-refractivity contribution < 1.29 is 9.53 Å². The van der Waals surface area contributed by atoms with Gasteiger partial charge in [0.25, 0.3) is 5.56 Å². The summed E-state index contributed by atoms with van der Waals surface area (Å²) in [5, 5.41) is 10.3. The van der Waals surface area contributed by atoms with Crippen LogP contribution in [0.4, 0.5) is 11.4 Å². The second-order valence-electron chi connectivity index (χ2n) is 7.37. The molecule has 0 aliphatic heterocycles. The third kappa shape index (κ3) is 5.01. The van der Waals surface area contributed by atoms with Crippen LogP contribution in [-0.2, 0) is 4.79 Å². The monoisotopic (exact) mass is 464 g/mol. The Bertz CT molecular complexity index is 1310. The molecule has 33 heavy (non-hydrogen) atoms. The zero-order valence-electron chi connectivity index (χ0n) is 18.5. The Labute approximate surface area is 194 Å². The topological polar surface area (TPSA) is 105 Å². The largest absolute Gasteiger partial charge is 0.494 e. The van der Waals surface area contributed by atoms with Gasteiger partial charge in [-0.25, -0.2) is 4.98 Å². The summed E-state index contributed by atoms with van der Waals surface area (Å²) in [7, 11) is 3.91. The fourth-order valence-electron chi connectivity index (χ4n) is 3.23. The second kappa shape index (κ2) is 9.78. The molecule has 2 heterocycles. The van der Waals surface area contributed by atoms with Crippen LogP contribution in [0.2, 0.25) is 0 Å². The Morgan fingerprint density at radius 3 is 2.55 bits per heavy atom. The Kier molecular flexibility index (Phi) is 6.64. The number of H-pyrrole nitrogens is 1. The maximum absolute atomic E-state index is 13.2. The molecular formula is C23H24N6O3S. The predicted molar refractivity (Wildman–Crippen MR) is 131 cm³/mol. The van der Waals surface area contributed by atoms with Gasteiger partial charge in [-0.3, -0.25) is 19.3 Å². The van der Waals surface area contributed by atoms with Crippen molar-refractivity contribution in [1.29, 1.82) is 0 Å². The molecule has 0 unspecified atom stereocenters. The minimum absolute atomic E-state index is 0.0819. The normalized spacial score (nSPS) is 10.9. The first-order valence-corrected chi connectivity index (χ1v) is 11.3. The molecule has 1 amide bonds. The fourth-order valence-corrected chi connectivity index (χ4v) is 4.03. The van der Waals surface area contributed by atoms with Crippen LogP contribution in [0.3, 0.4) is 0 Å². The van der Waals surface area contributed by atoms with Crippen molar-refractivity contribution in [2.45, 2.75) is 12.1 Å². The van der Waals surface area contributed by atoms with E-state index in [1.54, 1.807) is 24.3 Å². The fraction of sp³-hybridized carbons (Fsp3) is 0.217. The van der Waals surface area contributed by atoms with E-state index in [1.165, 1.54) is 22.5 Å². The molecule has 0 atom stereocenters. The quantitative estimate of drug-likeness (QED) is 0.304. The van der Waals surface area contributed by atoms with Gasteiger partial charge in [-0.05, 0) is 55.5 Å². The summed E-state index contributed by atoms with van der Waals surface area (Å²) < 4.78 is 6.98. The standard InChI is InChI=1S/C23H24N6O3S/c1-4-32-18-11-9-17(10-12-18)29-22(31)19-13-24-27-21(19)26-23(29)33-14-20(30)25-15-5-7-16(8-6-15)28(2)3/h5-13H,4,14H2,1-3H3,(H,24,27)(H,25,30). The van der Waals surface area contributed by atoms with Crippen molar-refractivity contribution in [2.24, 2.45) is 0 Å². The maximum atomic E-state index is 13.2. The van der Waals surface area contributed by atoms with E-state index in [0.717, 1.165) is 5.69 Å². The number of rotatable bonds is 8. The number of nitrogens with zero attached hydrogens (tertiary/aromatic N) is 4. The van der Waals surface area contributed by atoms with Crippen LogP contribution < -0.4 is 20.5 Å². The van der Waals surface area contributed by atoms with E-state index in [0.29, 0.717) is 39.9 Å². The summed E-state index contributed by atoms with van der Waals surface area (Å²) >= 11 is 1.18. The number of aromatic nitrogens is 4. The zero-order chi connectivity index (χ0) is 23.4. The number of carbonyl (C=O) groups excluding carboxylic acids is 1. The smallest absolute Gasteiger partial charge is 0.269 e. The van der Waals surface area contributed by atoms with Gasteiger partial charge in [-0.1, -0.05) is 11.8 Å². The number of nitrogens with one attached hydrogen (secondary N) is 2. The van der Waals surface area contributed by atoms with E-state index in [-0.39, 0.29) is 17.2 Å². The van der Waals surface area contributed by atoms with Gasteiger partial charge in [0.1, 0.15) is 11.1 Å². The molecule has 4 rings (SSSR count). The van der Waals surface area contributed by atoms with Crippen LogP contribution in [0.5, 0.6) is 5.75 Å². The van der Waals surface area contributed by atoms with Crippen molar-refractivity contribution >= 4 is 40.1 Å². The van der Waals surface area contributed by atoms with Gasteiger partial charge in [0.15, 0.2) is 10.8 Å². The van der Waals surface area contributed by atoms with Crippen molar-refractivity contribution in [1.82, 2.24) is 19.7 Å². The molecule has 0 aliphatic rings. The molecule has 4 aromatic rings. The minimum atomic E-state index is -0.264. The summed E-state index contributed by atoms with van der Waals surface area (Å²) in [5.41, 5.74) is 2.48. The highest BCUT2D eigenvalue weighted by Gasteiger charge is 2.16. The lowest BCUT2D eigenvalue weighted by molar-refractivity contribution is -0.113. The third-order valence-corrected chi connectivity index (χ3v) is 5.80. The molecule has 2 aromatic heterocycles. The predicted octanol–water partition coefficient (Wildman–Crippen LogP) is 3.30. The Morgan fingerprint density at radius 2 is 1.88 bits per heavy atom. The highest BCUT2D eigenvalue weighted by Crippen LogP contribution is 2.23. The van der Waals surface area contributed by atoms with Crippen LogP contribution in [-0.4, -0.2) is 52.1 Å². The summed E-state index contributed by atoms with van der Waals surface area (Å²) in [6.45, 7) is 2.46. The van der Waals surface area contributed by atoms with Gasteiger partial charge in [0.05, 0.1) is 24.2 Å². The van der Waals surface area contributed by atoms with Crippen LogP contribution in [0.1, 0.15) is 6.92 Å². The van der Waals surface area contributed by atoms with E-state index < -0.39 is 0 Å². The van der Waals surface area contributed by atoms with E-state index in [4.69, 9.17) is 4.74 Å². The lowest BCUT2D eigenvalue weighted by Gasteiger charge is -2.14. The van der Waals surface area contributed by atoms with Crippen LogP contribution in [0.15, 0.2) is 64.7 Å². The average Bonchev–Trinajstić information content (AvgIpc) is 3.28. The number of benzene rings is 2. The summed E-state index contributed by atoms with van der Waals surface area (Å²) in [6, 6.07) is 14.7. The van der Waals surface area contributed by atoms with E-state index in [1.807, 2.05) is 50.2 Å². The lowest BCUT2D eigenvalue weighted by Crippen LogP contribution is -2.22. The van der Waals surface area contributed by atoms with Gasteiger partial charge >= 0.3 is 0 Å². The van der Waals surface area contributed by atoms with Crippen LogP contribution in [0.25, 0.3) is 16.7 Å². The number of anilines is 2. The number of amides is 1. The number of thioether (sulfide) groups is 1. The molecule has 10 heteroatoms. The maximum Gasteiger partial charge on any atom is 0.269 e. The van der Waals surface area contributed by atoms with Crippen molar-refractivity contribution in [3.8, 4) is 11.4 Å². The number of fused-ring (bicyclic) bond motifs is 1. The summed E-state index contributed by atoms with van der Waals surface area (Å²) in [5.74, 6) is 0.591. The van der Waals surface area contributed by atoms with Crippen molar-refractivity contribution in [3.63, 3.8) is 0 Å². The van der Waals surface area contributed by atoms with Gasteiger partial charge in [-0.2, -0.15) is 5.10 Å². The summed E-state index contributed by atoms with van der Waals surface area (Å²) in [6.07, 6.45) is 1.45. The molecule has 0 fully saturated rings. The molecule has 0 saturated carbocycles. The highest BCUT2D eigenvalue weighted by atomic mass is 32.2. The Hall–Kier alpha value is -3.79. The average molecular weight is 465 g/mol. The second-order valence-corrected chi connectivity index (χ2v) is 8.31. The summed E-state index contributed by atoms with van der Waals surface area (Å²) in [4.78, 5) is 32.2. The molecule has 0 aliphatic carbocycles. The Balaban J connectivity index is 1.57. The van der Waals surface area contributed by atoms with Crippen molar-refractivity contribution in [2.75, 3.05) is 36.7 Å². The molecule has 2 N–H and O–H groups in total. The number of hydrogen-bond donors (Lipinski definition) is 2. The van der Waals surface area contributed by atoms with Gasteiger partial charge in [0, 0.05) is 25.5 Å². The zero-order valence-corrected chi connectivity index (χ0v) is 19.3. The van der Waals surface area contributed by atoms with E-state index in [9.17, 15) is 9.59 Å². The van der Waals surface area contributed by atoms with Gasteiger partial charge < -0.3 is 15.0 Å². The van der Waals surface area contributed by atoms with Gasteiger partial charge in [-0.15, -0.1) is 0 Å². The van der Waals surface area contributed by atoms with Crippen LogP contribution in [0, 0.1) is 0 Å². The molecule has 0 bridgehead atoms. The first-order chi connectivity index (χ1) is 16.0. The molecule has 0 saturated heterocycles. The van der Waals surface area contributed by atoms with Crippen LogP contribution >= 0.6 is 11.8 Å². The number of carbonyl (C=O) groups is 1. The highest BCUT2D eigenvalue weighted by molar-refractivity contribution is 7.99. The van der Waals surface area contributed by atoms with Crippen molar-refractivity contribution in [3.05, 3.63) is 65.1 Å². The third-order valence-electron chi connectivity index (χ3n) is 4.86. The number of hydrogen-bond acceptors (Lipinski definition) is 7. The molecule has 0 spiro atoms. The lowest BCUT2D eigenvalue weighted by atomic mass is 10.2. The van der Waals surface area contributed by atoms with E-state index in [2.05, 4.69) is 20.5 Å². The SMILES string of the molecule is CCOc1ccc(-n2c(SCC(=O)Nc3ccc(N(C)C)cc3)nc3[nH]ncc3c2=O)cc1.